The number of hydrogen-bond acceptors (Lipinski definition) is 3. The number of halogens is 2. The van der Waals surface area contributed by atoms with E-state index in [1.165, 1.54) is 12.1 Å². The van der Waals surface area contributed by atoms with Gasteiger partial charge in [0.2, 0.25) is 0 Å². The Morgan fingerprint density at radius 2 is 1.85 bits per heavy atom. The summed E-state index contributed by atoms with van der Waals surface area (Å²) in [5, 5.41) is 14.9. The topological polar surface area (TPSA) is 66.6 Å². The van der Waals surface area contributed by atoms with E-state index in [0.29, 0.717) is 19.0 Å². The number of rotatable bonds is 5. The number of benzene rings is 1. The normalized spacial score (nSPS) is 11.9. The van der Waals surface area contributed by atoms with Crippen molar-refractivity contribution >= 4 is 35.6 Å². The molecular weight excluding hydrogens is 458 g/mol. The van der Waals surface area contributed by atoms with Crippen molar-refractivity contribution in [2.45, 2.75) is 25.8 Å². The number of guanidine groups is 1. The van der Waals surface area contributed by atoms with Gasteiger partial charge in [-0.1, -0.05) is 32.0 Å². The minimum Gasteiger partial charge on any atom is -0.356 e. The Labute approximate surface area is 175 Å². The summed E-state index contributed by atoms with van der Waals surface area (Å²) in [6.07, 6.45) is 1.93. The van der Waals surface area contributed by atoms with Crippen molar-refractivity contribution in [3.05, 3.63) is 65.9 Å². The minimum atomic E-state index is -0.226. The van der Waals surface area contributed by atoms with Gasteiger partial charge in [0.1, 0.15) is 5.82 Å². The van der Waals surface area contributed by atoms with Crippen molar-refractivity contribution in [3.8, 4) is 0 Å². The Hall–Kier alpha value is -2.23. The van der Waals surface area contributed by atoms with E-state index in [1.807, 2.05) is 40.9 Å². The van der Waals surface area contributed by atoms with E-state index in [1.54, 1.807) is 7.05 Å². The summed E-state index contributed by atoms with van der Waals surface area (Å²) in [5.41, 5.74) is 1.70. The highest BCUT2D eigenvalue weighted by molar-refractivity contribution is 14.0. The van der Waals surface area contributed by atoms with Crippen LogP contribution in [0.1, 0.15) is 25.2 Å². The highest BCUT2D eigenvalue weighted by Gasteiger charge is 2.21. The first-order valence-electron chi connectivity index (χ1n) is 8.49. The fraction of sp³-hybridized carbons (Fsp3) is 0.316. The van der Waals surface area contributed by atoms with Gasteiger partial charge in [-0.05, 0) is 29.8 Å². The summed E-state index contributed by atoms with van der Waals surface area (Å²) >= 11 is 0. The second-order valence-corrected chi connectivity index (χ2v) is 6.72. The molecule has 0 aliphatic rings. The van der Waals surface area contributed by atoms with E-state index >= 15 is 0 Å². The second-order valence-electron chi connectivity index (χ2n) is 6.72. The fourth-order valence-corrected chi connectivity index (χ4v) is 2.70. The lowest BCUT2D eigenvalue weighted by molar-refractivity contribution is 0.506. The third-order valence-corrected chi connectivity index (χ3v) is 4.35. The molecule has 0 spiro atoms. The Morgan fingerprint density at radius 3 is 2.56 bits per heavy atom. The van der Waals surface area contributed by atoms with Gasteiger partial charge in [-0.25, -0.2) is 4.39 Å². The zero-order chi connectivity index (χ0) is 18.6. The standard InChI is InChI=1S/C19H23FN6.HI/c1-19(2,14-7-9-15(20)10-8-14)13-23-18(21-3)22-12-17-25-24-16-6-4-5-11-26(16)17;/h4-11H,12-13H2,1-3H3,(H2,21,22,23);1H. The van der Waals surface area contributed by atoms with Gasteiger partial charge in [-0.3, -0.25) is 9.39 Å². The van der Waals surface area contributed by atoms with E-state index in [0.717, 1.165) is 17.0 Å². The monoisotopic (exact) mass is 482 g/mol. The highest BCUT2D eigenvalue weighted by atomic mass is 127. The van der Waals surface area contributed by atoms with Crippen molar-refractivity contribution < 1.29 is 4.39 Å². The number of aromatic nitrogens is 3. The molecule has 2 aromatic heterocycles. The third-order valence-electron chi connectivity index (χ3n) is 4.35. The molecule has 0 aliphatic carbocycles. The van der Waals surface area contributed by atoms with E-state index in [2.05, 4.69) is 39.7 Å². The molecule has 0 amide bonds. The van der Waals surface area contributed by atoms with Crippen molar-refractivity contribution in [2.75, 3.05) is 13.6 Å². The Bertz CT molecular complexity index is 904. The average Bonchev–Trinajstić information content (AvgIpc) is 3.05. The fourth-order valence-electron chi connectivity index (χ4n) is 2.70. The minimum absolute atomic E-state index is 0. The van der Waals surface area contributed by atoms with Crippen LogP contribution in [0, 0.1) is 5.82 Å². The smallest absolute Gasteiger partial charge is 0.191 e. The summed E-state index contributed by atoms with van der Waals surface area (Å²) in [7, 11) is 1.72. The van der Waals surface area contributed by atoms with Crippen molar-refractivity contribution in [1.82, 2.24) is 25.2 Å². The average molecular weight is 482 g/mol. The summed E-state index contributed by atoms with van der Waals surface area (Å²) < 4.78 is 15.1. The van der Waals surface area contributed by atoms with Crippen molar-refractivity contribution in [2.24, 2.45) is 4.99 Å². The number of nitrogens with zero attached hydrogens (tertiary/aromatic N) is 4. The maximum absolute atomic E-state index is 13.1. The molecule has 3 rings (SSSR count). The number of pyridine rings is 1. The molecule has 0 saturated heterocycles. The summed E-state index contributed by atoms with van der Waals surface area (Å²) in [6, 6.07) is 12.4. The van der Waals surface area contributed by atoms with Crippen LogP contribution in [0.2, 0.25) is 0 Å². The van der Waals surface area contributed by atoms with Gasteiger partial charge in [-0.15, -0.1) is 34.2 Å². The molecule has 2 N–H and O–H groups in total. The number of fused-ring (bicyclic) bond motifs is 1. The summed E-state index contributed by atoms with van der Waals surface area (Å²) in [6.45, 7) is 5.36. The van der Waals surface area contributed by atoms with Crippen LogP contribution in [0.15, 0.2) is 53.7 Å². The molecule has 144 valence electrons. The largest absolute Gasteiger partial charge is 0.356 e. The van der Waals surface area contributed by atoms with Gasteiger partial charge >= 0.3 is 0 Å². The van der Waals surface area contributed by atoms with E-state index in [-0.39, 0.29) is 35.2 Å². The van der Waals surface area contributed by atoms with Crippen LogP contribution < -0.4 is 10.6 Å². The Kier molecular flexibility index (Phi) is 7.11. The van der Waals surface area contributed by atoms with E-state index in [9.17, 15) is 4.39 Å². The number of aliphatic imine (C=N–C) groups is 1. The SMILES string of the molecule is CN=C(NCc1nnc2ccccn12)NCC(C)(C)c1ccc(F)cc1.I. The van der Waals surface area contributed by atoms with Crippen LogP contribution in [-0.2, 0) is 12.0 Å². The Morgan fingerprint density at radius 1 is 1.11 bits per heavy atom. The maximum atomic E-state index is 13.1. The molecule has 0 bridgehead atoms. The van der Waals surface area contributed by atoms with Crippen LogP contribution in [0.3, 0.4) is 0 Å². The molecule has 0 saturated carbocycles. The van der Waals surface area contributed by atoms with Crippen LogP contribution in [0.25, 0.3) is 5.65 Å². The highest BCUT2D eigenvalue weighted by Crippen LogP contribution is 2.22. The first-order chi connectivity index (χ1) is 12.5. The van der Waals surface area contributed by atoms with Crippen molar-refractivity contribution in [3.63, 3.8) is 0 Å². The Balaban J connectivity index is 0.00000261. The molecule has 2 heterocycles. The molecule has 6 nitrogen and oxygen atoms in total. The summed E-state index contributed by atoms with van der Waals surface area (Å²) in [5.74, 6) is 1.25. The molecule has 8 heteroatoms. The van der Waals surface area contributed by atoms with E-state index in [4.69, 9.17) is 0 Å². The second kappa shape index (κ2) is 9.12. The number of hydrogen-bond donors (Lipinski definition) is 2. The van der Waals surface area contributed by atoms with Gasteiger partial charge in [0.25, 0.3) is 0 Å². The lowest BCUT2D eigenvalue weighted by Gasteiger charge is -2.26. The quantitative estimate of drug-likeness (QED) is 0.333. The van der Waals surface area contributed by atoms with Crippen LogP contribution in [-0.4, -0.2) is 34.2 Å². The van der Waals surface area contributed by atoms with Gasteiger partial charge in [0.05, 0.1) is 6.54 Å². The molecule has 0 aliphatic heterocycles. The van der Waals surface area contributed by atoms with Crippen molar-refractivity contribution in [1.29, 1.82) is 0 Å². The molecule has 0 fully saturated rings. The lowest BCUT2D eigenvalue weighted by Crippen LogP contribution is -2.43. The predicted molar refractivity (Wildman–Crippen MR) is 116 cm³/mol. The lowest BCUT2D eigenvalue weighted by atomic mass is 9.84. The first kappa shape index (κ1) is 21.1. The first-order valence-corrected chi connectivity index (χ1v) is 8.49. The van der Waals surface area contributed by atoms with Crippen LogP contribution in [0.4, 0.5) is 4.39 Å². The van der Waals surface area contributed by atoms with Crippen LogP contribution in [0.5, 0.6) is 0 Å². The molecular formula is C19H24FIN6. The molecule has 0 radical (unpaired) electrons. The van der Waals surface area contributed by atoms with Gasteiger partial charge < -0.3 is 10.6 Å². The molecule has 0 atom stereocenters. The van der Waals surface area contributed by atoms with Gasteiger partial charge in [-0.2, -0.15) is 0 Å². The molecule has 1 aromatic carbocycles. The predicted octanol–water partition coefficient (Wildman–Crippen LogP) is 3.13. The zero-order valence-corrected chi connectivity index (χ0v) is 17.9. The maximum Gasteiger partial charge on any atom is 0.191 e. The molecule has 27 heavy (non-hydrogen) atoms. The zero-order valence-electron chi connectivity index (χ0n) is 15.6. The van der Waals surface area contributed by atoms with Gasteiger partial charge in [0, 0.05) is 25.2 Å². The van der Waals surface area contributed by atoms with E-state index < -0.39 is 0 Å². The third kappa shape index (κ3) is 5.15. The number of nitrogens with one attached hydrogen (secondary N) is 2. The molecule has 3 aromatic rings. The van der Waals surface area contributed by atoms with Crippen LogP contribution >= 0.6 is 24.0 Å². The van der Waals surface area contributed by atoms with Gasteiger partial charge in [0.15, 0.2) is 17.4 Å². The summed E-state index contributed by atoms with van der Waals surface area (Å²) in [4.78, 5) is 4.26. The molecule has 0 unspecified atom stereocenters.